The summed E-state index contributed by atoms with van der Waals surface area (Å²) in [6.45, 7) is 3.68. The number of unbranched alkanes of at least 4 members (excludes halogenated alkanes) is 16. The third-order valence-electron chi connectivity index (χ3n) is 13.0. The molecule has 0 aromatic heterocycles. The number of carbonyl (C=O) groups is 1. The molecule has 1 rings (SSSR count). The molecule has 0 radical (unpaired) electrons. The van der Waals surface area contributed by atoms with E-state index in [1.807, 2.05) is 0 Å². The summed E-state index contributed by atoms with van der Waals surface area (Å²) in [6, 6.07) is -0.732. The molecule has 1 fully saturated rings. The molecule has 1 saturated heterocycles. The molecule has 0 aliphatic carbocycles. The quantitative estimate of drug-likeness (QED) is 0.0261. The van der Waals surface area contributed by atoms with Crippen molar-refractivity contribution in [3.05, 3.63) is 134 Å². The van der Waals surface area contributed by atoms with Crippen molar-refractivity contribution in [2.24, 2.45) is 0 Å². The number of hydrogen-bond donors (Lipinski definition) is 6. The maximum absolute atomic E-state index is 13.0. The molecule has 7 unspecified atom stereocenters. The van der Waals surface area contributed by atoms with Gasteiger partial charge in [0.1, 0.15) is 24.4 Å². The van der Waals surface area contributed by atoms with Crippen molar-refractivity contribution in [2.75, 3.05) is 13.2 Å². The lowest BCUT2D eigenvalue weighted by Gasteiger charge is -2.40. The number of aliphatic hydroxyl groups is 5. The van der Waals surface area contributed by atoms with Crippen LogP contribution in [0.25, 0.3) is 0 Å². The molecular weight excluding hydrogens is 923 g/mol. The summed E-state index contributed by atoms with van der Waals surface area (Å²) >= 11 is 0. The van der Waals surface area contributed by atoms with Crippen LogP contribution >= 0.6 is 0 Å². The molecular formula is C65H107NO8. The largest absolute Gasteiger partial charge is 0.394 e. The Morgan fingerprint density at radius 2 is 0.838 bits per heavy atom. The van der Waals surface area contributed by atoms with E-state index < -0.39 is 49.5 Å². The molecule has 1 heterocycles. The van der Waals surface area contributed by atoms with Gasteiger partial charge in [0.15, 0.2) is 6.29 Å². The van der Waals surface area contributed by atoms with Crippen molar-refractivity contribution in [1.29, 1.82) is 0 Å². The van der Waals surface area contributed by atoms with Crippen LogP contribution in [-0.2, 0) is 14.3 Å². The molecule has 74 heavy (non-hydrogen) atoms. The summed E-state index contributed by atoms with van der Waals surface area (Å²) in [4.78, 5) is 13.0. The second-order valence-electron chi connectivity index (χ2n) is 19.7. The zero-order valence-corrected chi connectivity index (χ0v) is 46.5. The van der Waals surface area contributed by atoms with E-state index in [4.69, 9.17) is 9.47 Å². The van der Waals surface area contributed by atoms with E-state index in [0.717, 1.165) is 122 Å². The minimum atomic E-state index is -1.56. The average molecular weight is 1030 g/mol. The Labute approximate surface area is 451 Å². The van der Waals surface area contributed by atoms with Crippen molar-refractivity contribution in [1.82, 2.24) is 5.32 Å². The molecule has 0 aromatic carbocycles. The van der Waals surface area contributed by atoms with Crippen LogP contribution in [0, 0.1) is 0 Å². The van der Waals surface area contributed by atoms with Crippen molar-refractivity contribution in [3.63, 3.8) is 0 Å². The summed E-state index contributed by atoms with van der Waals surface area (Å²) < 4.78 is 11.3. The highest BCUT2D eigenvalue weighted by molar-refractivity contribution is 5.76. The second kappa shape index (κ2) is 52.8. The van der Waals surface area contributed by atoms with E-state index in [2.05, 4.69) is 153 Å². The lowest BCUT2D eigenvalue weighted by atomic mass is 9.99. The van der Waals surface area contributed by atoms with E-state index in [-0.39, 0.29) is 12.5 Å². The zero-order chi connectivity index (χ0) is 53.6. The minimum Gasteiger partial charge on any atom is -0.394 e. The third kappa shape index (κ3) is 41.6. The van der Waals surface area contributed by atoms with Gasteiger partial charge < -0.3 is 40.3 Å². The van der Waals surface area contributed by atoms with E-state index in [1.165, 1.54) is 64.2 Å². The molecule has 1 aliphatic rings. The molecule has 0 aromatic rings. The highest BCUT2D eigenvalue weighted by atomic mass is 16.7. The van der Waals surface area contributed by atoms with Gasteiger partial charge in [0.05, 0.1) is 25.4 Å². The van der Waals surface area contributed by atoms with Crippen LogP contribution < -0.4 is 5.32 Å². The average Bonchev–Trinajstić information content (AvgIpc) is 3.40. The molecule has 420 valence electrons. The monoisotopic (exact) mass is 1030 g/mol. The Hall–Kier alpha value is -3.67. The summed E-state index contributed by atoms with van der Waals surface area (Å²) in [5.41, 5.74) is 0. The van der Waals surface area contributed by atoms with Crippen molar-refractivity contribution >= 4 is 5.91 Å². The van der Waals surface area contributed by atoms with Crippen LogP contribution in [0.4, 0.5) is 0 Å². The first-order valence-corrected chi connectivity index (χ1v) is 29.4. The first-order chi connectivity index (χ1) is 36.3. The molecule has 1 aliphatic heterocycles. The SMILES string of the molecule is CC/C=C\C/C=C\C/C=C\C/C=C\C/C=C\C/C=C\C/C=C\C/C=C\C/C=C\C/C=C\C/C=C\CCCCCCCCCC(=O)NC(COC1OC(CO)C(O)C(O)C1O)C(O)CCCCCCCCCCCC. The number of aliphatic hydroxyl groups excluding tert-OH is 5. The lowest BCUT2D eigenvalue weighted by molar-refractivity contribution is -0.302. The van der Waals surface area contributed by atoms with Crippen LogP contribution in [0.1, 0.15) is 213 Å². The number of ether oxygens (including phenoxy) is 2. The Balaban J connectivity index is 2.13. The first kappa shape index (κ1) is 68.3. The van der Waals surface area contributed by atoms with E-state index in [1.54, 1.807) is 0 Å². The van der Waals surface area contributed by atoms with Gasteiger partial charge in [-0.2, -0.15) is 0 Å². The van der Waals surface area contributed by atoms with Crippen LogP contribution in [0.2, 0.25) is 0 Å². The Kier molecular flexibility index (Phi) is 48.7. The minimum absolute atomic E-state index is 0.150. The number of carbonyl (C=O) groups excluding carboxylic acids is 1. The Morgan fingerprint density at radius 3 is 1.24 bits per heavy atom. The zero-order valence-electron chi connectivity index (χ0n) is 46.5. The van der Waals surface area contributed by atoms with Gasteiger partial charge in [-0.3, -0.25) is 4.79 Å². The fraction of sp³-hybridized carbons (Fsp3) is 0.646. The van der Waals surface area contributed by atoms with Crippen LogP contribution in [-0.4, -0.2) is 87.5 Å². The number of hydrogen-bond acceptors (Lipinski definition) is 8. The van der Waals surface area contributed by atoms with Gasteiger partial charge in [0.25, 0.3) is 0 Å². The number of rotatable bonds is 48. The molecule has 9 nitrogen and oxygen atoms in total. The van der Waals surface area contributed by atoms with E-state index >= 15 is 0 Å². The van der Waals surface area contributed by atoms with Crippen LogP contribution in [0.5, 0.6) is 0 Å². The Morgan fingerprint density at radius 1 is 0.473 bits per heavy atom. The highest BCUT2D eigenvalue weighted by Gasteiger charge is 2.44. The van der Waals surface area contributed by atoms with Crippen molar-refractivity contribution in [2.45, 2.75) is 256 Å². The molecule has 0 bridgehead atoms. The number of allylic oxidation sites excluding steroid dienone is 22. The molecule has 9 heteroatoms. The topological polar surface area (TPSA) is 149 Å². The predicted molar refractivity (Wildman–Crippen MR) is 313 cm³/mol. The third-order valence-corrected chi connectivity index (χ3v) is 13.0. The van der Waals surface area contributed by atoms with Gasteiger partial charge in [-0.15, -0.1) is 0 Å². The predicted octanol–water partition coefficient (Wildman–Crippen LogP) is 14.9. The second-order valence-corrected chi connectivity index (χ2v) is 19.7. The van der Waals surface area contributed by atoms with E-state index in [0.29, 0.717) is 12.8 Å². The van der Waals surface area contributed by atoms with Crippen molar-refractivity contribution in [3.8, 4) is 0 Å². The fourth-order valence-corrected chi connectivity index (χ4v) is 8.40. The lowest BCUT2D eigenvalue weighted by Crippen LogP contribution is -2.60. The maximum atomic E-state index is 13.0. The first-order valence-electron chi connectivity index (χ1n) is 29.4. The van der Waals surface area contributed by atoms with Gasteiger partial charge in [0.2, 0.25) is 5.91 Å². The highest BCUT2D eigenvalue weighted by Crippen LogP contribution is 2.23. The number of amides is 1. The summed E-state index contributed by atoms with van der Waals surface area (Å²) in [5.74, 6) is -0.163. The van der Waals surface area contributed by atoms with E-state index in [9.17, 15) is 30.3 Å². The van der Waals surface area contributed by atoms with Gasteiger partial charge in [-0.25, -0.2) is 0 Å². The molecule has 0 spiro atoms. The molecule has 1 amide bonds. The standard InChI is InChI=1S/C65H107NO8/c1-3-5-7-9-11-13-15-16-17-18-19-20-21-22-23-24-25-26-27-28-29-30-31-32-33-34-35-36-37-38-39-40-41-42-43-44-45-47-49-51-53-55-61(69)66-58(57-73-65-64(72)63(71)62(70)60(56-67)74-65)59(68)54-52-50-48-46-14-12-10-8-6-4-2/h5,7,11,13,16-17,19-20,22-23,25-26,28-29,31-32,34-35,37-38,40-41,58-60,62-65,67-68,70-72H,3-4,6,8-10,12,14-15,18,21,24,27,30,33,36,39,42-57H2,1-2H3,(H,66,69)/b7-5-,13-11-,17-16-,20-19-,23-22-,26-25-,29-28-,32-31-,35-34-,38-37-,41-40-. The summed E-state index contributed by atoms with van der Waals surface area (Å²) in [6.07, 6.45) is 73.5. The van der Waals surface area contributed by atoms with Crippen LogP contribution in [0.15, 0.2) is 134 Å². The summed E-state index contributed by atoms with van der Waals surface area (Å²) in [5, 5.41) is 54.4. The summed E-state index contributed by atoms with van der Waals surface area (Å²) in [7, 11) is 0. The smallest absolute Gasteiger partial charge is 0.220 e. The maximum Gasteiger partial charge on any atom is 0.220 e. The Bertz CT molecular complexity index is 1620. The van der Waals surface area contributed by atoms with Gasteiger partial charge in [-0.1, -0.05) is 244 Å². The molecule has 6 N–H and O–H groups in total. The fourth-order valence-electron chi connectivity index (χ4n) is 8.40. The van der Waals surface area contributed by atoms with Gasteiger partial charge in [0, 0.05) is 6.42 Å². The molecule has 7 atom stereocenters. The van der Waals surface area contributed by atoms with Gasteiger partial charge in [-0.05, 0) is 96.3 Å². The normalized spacial score (nSPS) is 20.0. The van der Waals surface area contributed by atoms with Crippen molar-refractivity contribution < 1.29 is 39.8 Å². The van der Waals surface area contributed by atoms with Gasteiger partial charge >= 0.3 is 0 Å². The van der Waals surface area contributed by atoms with Crippen LogP contribution in [0.3, 0.4) is 0 Å². The number of nitrogens with one attached hydrogen (secondary N) is 1. The molecule has 0 saturated carbocycles.